The van der Waals surface area contributed by atoms with E-state index in [4.69, 9.17) is 0 Å². The predicted octanol–water partition coefficient (Wildman–Crippen LogP) is 4.43. The minimum atomic E-state index is -0.290. The molecule has 0 spiro atoms. The third kappa shape index (κ3) is 4.64. The number of nitrogens with zero attached hydrogens (tertiary/aromatic N) is 2. The minimum Gasteiger partial charge on any atom is -0.337 e. The first-order chi connectivity index (χ1) is 12.1. The second-order valence-corrected chi connectivity index (χ2v) is 8.00. The Morgan fingerprint density at radius 1 is 1.20 bits per heavy atom. The van der Waals surface area contributed by atoms with Crippen LogP contribution >= 0.6 is 23.5 Å². The second-order valence-electron chi connectivity index (χ2n) is 5.69. The van der Waals surface area contributed by atoms with Gasteiger partial charge >= 0.3 is 0 Å². The normalized spacial score (nSPS) is 13.6. The Morgan fingerprint density at radius 3 is 2.64 bits per heavy atom. The molecule has 0 radical (unpaired) electrons. The van der Waals surface area contributed by atoms with Gasteiger partial charge in [0.2, 0.25) is 0 Å². The van der Waals surface area contributed by atoms with Gasteiger partial charge in [-0.15, -0.1) is 0 Å². The van der Waals surface area contributed by atoms with Gasteiger partial charge in [0.15, 0.2) is 0 Å². The van der Waals surface area contributed by atoms with E-state index < -0.39 is 0 Å². The van der Waals surface area contributed by atoms with Gasteiger partial charge in [0.1, 0.15) is 10.2 Å². The molecule has 0 aliphatic carbocycles. The Bertz CT molecular complexity index is 794. The van der Waals surface area contributed by atoms with E-state index in [1.54, 1.807) is 53.7 Å². The number of carbonyl (C=O) groups is 1. The highest BCUT2D eigenvalue weighted by atomic mass is 32.2. The van der Waals surface area contributed by atoms with Crippen molar-refractivity contribution >= 4 is 33.8 Å². The third-order valence-corrected chi connectivity index (χ3v) is 6.17. The number of amides is 1. The van der Waals surface area contributed by atoms with E-state index in [0.29, 0.717) is 16.9 Å². The standard InChI is InChI=1S/C19H19FN2OS2/c1-22(12-14-6-3-5-9-17(14)20)18(23)16-8-4-2-7-15(16)13-25-19-21-10-11-24-19/h2-9H,10-13H2,1H3. The molecule has 3 rings (SSSR count). The number of carbonyl (C=O) groups excluding carboxylic acids is 1. The summed E-state index contributed by atoms with van der Waals surface area (Å²) >= 11 is 3.43. The highest BCUT2D eigenvalue weighted by Crippen LogP contribution is 2.27. The first-order valence-corrected chi connectivity index (χ1v) is 9.99. The lowest BCUT2D eigenvalue weighted by Crippen LogP contribution is -2.27. The van der Waals surface area contributed by atoms with Gasteiger partial charge < -0.3 is 4.90 Å². The predicted molar refractivity (Wildman–Crippen MR) is 105 cm³/mol. The van der Waals surface area contributed by atoms with Crippen molar-refractivity contribution in [2.75, 3.05) is 19.3 Å². The molecule has 0 saturated heterocycles. The second kappa shape index (κ2) is 8.54. The molecule has 1 heterocycles. The third-order valence-electron chi connectivity index (χ3n) is 3.87. The maximum Gasteiger partial charge on any atom is 0.254 e. The van der Waals surface area contributed by atoms with Gasteiger partial charge in [-0.25, -0.2) is 4.39 Å². The summed E-state index contributed by atoms with van der Waals surface area (Å²) in [5.41, 5.74) is 2.16. The monoisotopic (exact) mass is 374 g/mol. The Balaban J connectivity index is 1.71. The molecule has 0 N–H and O–H groups in total. The van der Waals surface area contributed by atoms with Gasteiger partial charge in [-0.2, -0.15) is 0 Å². The number of thioether (sulfide) groups is 2. The van der Waals surface area contributed by atoms with Crippen LogP contribution in [0.25, 0.3) is 0 Å². The van der Waals surface area contributed by atoms with Crippen LogP contribution in [0.5, 0.6) is 0 Å². The van der Waals surface area contributed by atoms with Crippen LogP contribution in [-0.2, 0) is 12.3 Å². The van der Waals surface area contributed by atoms with Crippen LogP contribution < -0.4 is 0 Å². The smallest absolute Gasteiger partial charge is 0.254 e. The Labute approximate surface area is 155 Å². The molecule has 25 heavy (non-hydrogen) atoms. The lowest BCUT2D eigenvalue weighted by Gasteiger charge is -2.19. The molecule has 0 unspecified atom stereocenters. The van der Waals surface area contributed by atoms with Crippen LogP contribution in [0, 0.1) is 5.82 Å². The first kappa shape index (κ1) is 18.0. The highest BCUT2D eigenvalue weighted by Gasteiger charge is 2.18. The molecule has 1 amide bonds. The van der Waals surface area contributed by atoms with Crippen molar-refractivity contribution < 1.29 is 9.18 Å². The Kier molecular flexibility index (Phi) is 6.15. The minimum absolute atomic E-state index is 0.0968. The zero-order valence-corrected chi connectivity index (χ0v) is 15.6. The van der Waals surface area contributed by atoms with Crippen LogP contribution in [0.3, 0.4) is 0 Å². The molecule has 1 aliphatic heterocycles. The van der Waals surface area contributed by atoms with Gasteiger partial charge in [0.05, 0.1) is 6.54 Å². The lowest BCUT2D eigenvalue weighted by molar-refractivity contribution is 0.0783. The van der Waals surface area contributed by atoms with E-state index in [1.165, 1.54) is 6.07 Å². The van der Waals surface area contributed by atoms with Crippen molar-refractivity contribution in [2.45, 2.75) is 12.3 Å². The van der Waals surface area contributed by atoms with E-state index >= 15 is 0 Å². The molecule has 0 bridgehead atoms. The molecule has 3 nitrogen and oxygen atoms in total. The van der Waals surface area contributed by atoms with E-state index in [-0.39, 0.29) is 18.3 Å². The van der Waals surface area contributed by atoms with Crippen LogP contribution in [0.15, 0.2) is 53.5 Å². The fourth-order valence-electron chi connectivity index (χ4n) is 2.56. The molecule has 1 aliphatic rings. The Morgan fingerprint density at radius 2 is 1.92 bits per heavy atom. The van der Waals surface area contributed by atoms with Gasteiger partial charge in [-0.1, -0.05) is 59.9 Å². The average molecular weight is 375 g/mol. The molecule has 2 aromatic rings. The maximum absolute atomic E-state index is 13.8. The number of halogens is 1. The summed E-state index contributed by atoms with van der Waals surface area (Å²) in [7, 11) is 1.70. The molecular formula is C19H19FN2OS2. The fraction of sp³-hybridized carbons (Fsp3) is 0.263. The number of hydrogen-bond donors (Lipinski definition) is 0. The number of hydrogen-bond acceptors (Lipinski definition) is 4. The van der Waals surface area contributed by atoms with Crippen LogP contribution in [0.2, 0.25) is 0 Å². The van der Waals surface area contributed by atoms with Crippen molar-refractivity contribution in [3.05, 3.63) is 71.0 Å². The van der Waals surface area contributed by atoms with E-state index in [9.17, 15) is 9.18 Å². The van der Waals surface area contributed by atoms with Crippen molar-refractivity contribution in [1.29, 1.82) is 0 Å². The lowest BCUT2D eigenvalue weighted by atomic mass is 10.1. The number of rotatable bonds is 5. The van der Waals surface area contributed by atoms with E-state index in [2.05, 4.69) is 4.99 Å². The van der Waals surface area contributed by atoms with Gasteiger partial charge in [0, 0.05) is 36.2 Å². The zero-order chi connectivity index (χ0) is 17.6. The Hall–Kier alpha value is -1.79. The van der Waals surface area contributed by atoms with Gasteiger partial charge in [-0.3, -0.25) is 9.79 Å². The van der Waals surface area contributed by atoms with Crippen LogP contribution in [0.1, 0.15) is 21.5 Å². The van der Waals surface area contributed by atoms with E-state index in [1.807, 2.05) is 24.3 Å². The topological polar surface area (TPSA) is 32.7 Å². The molecule has 0 atom stereocenters. The molecule has 2 aromatic carbocycles. The SMILES string of the molecule is CN(Cc1ccccc1F)C(=O)c1ccccc1CSC1=NCCS1. The maximum atomic E-state index is 13.8. The van der Waals surface area contributed by atoms with Crippen molar-refractivity contribution in [3.63, 3.8) is 0 Å². The highest BCUT2D eigenvalue weighted by molar-refractivity contribution is 8.38. The van der Waals surface area contributed by atoms with Crippen molar-refractivity contribution in [1.82, 2.24) is 4.90 Å². The molecule has 130 valence electrons. The van der Waals surface area contributed by atoms with E-state index in [0.717, 1.165) is 22.2 Å². The molecular weight excluding hydrogens is 355 g/mol. The quantitative estimate of drug-likeness (QED) is 0.776. The summed E-state index contributed by atoms with van der Waals surface area (Å²) in [6.45, 7) is 1.12. The summed E-state index contributed by atoms with van der Waals surface area (Å²) < 4.78 is 14.9. The first-order valence-electron chi connectivity index (χ1n) is 8.02. The molecule has 0 aromatic heterocycles. The van der Waals surface area contributed by atoms with Gasteiger partial charge in [0.25, 0.3) is 5.91 Å². The summed E-state index contributed by atoms with van der Waals surface area (Å²) in [6, 6.07) is 14.1. The summed E-state index contributed by atoms with van der Waals surface area (Å²) in [5, 5.41) is 0. The van der Waals surface area contributed by atoms with Crippen molar-refractivity contribution in [3.8, 4) is 0 Å². The van der Waals surface area contributed by atoms with Gasteiger partial charge in [-0.05, 0) is 17.7 Å². The fourth-order valence-corrected chi connectivity index (χ4v) is 4.57. The summed E-state index contributed by atoms with van der Waals surface area (Å²) in [4.78, 5) is 18.8. The van der Waals surface area contributed by atoms with Crippen LogP contribution in [-0.4, -0.2) is 34.5 Å². The average Bonchev–Trinajstić information content (AvgIpc) is 3.15. The largest absolute Gasteiger partial charge is 0.337 e. The molecule has 0 fully saturated rings. The molecule has 6 heteroatoms. The number of benzene rings is 2. The summed E-state index contributed by atoms with van der Waals surface area (Å²) in [5.74, 6) is 1.36. The summed E-state index contributed by atoms with van der Waals surface area (Å²) in [6.07, 6.45) is 0. The zero-order valence-electron chi connectivity index (χ0n) is 13.9. The number of aliphatic imine (C=N–C) groups is 1. The molecule has 0 saturated carbocycles. The van der Waals surface area contributed by atoms with Crippen LogP contribution in [0.4, 0.5) is 4.39 Å². The van der Waals surface area contributed by atoms with Crippen molar-refractivity contribution in [2.24, 2.45) is 4.99 Å².